The number of allylic oxidation sites excluding steroid dienone is 2. The van der Waals surface area contributed by atoms with Crippen LogP contribution in [0.25, 0.3) is 0 Å². The predicted molar refractivity (Wildman–Crippen MR) is 101 cm³/mol. The quantitative estimate of drug-likeness (QED) is 0.177. The third-order valence-electron chi connectivity index (χ3n) is 4.45. The number of carbonyl (C=O) groups excluding carboxylic acids is 1. The highest BCUT2D eigenvalue weighted by molar-refractivity contribution is 5.65. The van der Waals surface area contributed by atoms with Gasteiger partial charge in [0.05, 0.1) is 6.61 Å². The molecule has 1 unspecified atom stereocenters. The lowest BCUT2D eigenvalue weighted by molar-refractivity contribution is -0.142. The van der Waals surface area contributed by atoms with E-state index in [0.717, 1.165) is 6.42 Å². The fraction of sp³-hybridized carbons (Fsp3) is 0.857. The Kier molecular flexibility index (Phi) is 17.0. The Labute approximate surface area is 145 Å². The normalized spacial score (nSPS) is 12.7. The summed E-state index contributed by atoms with van der Waals surface area (Å²) in [7, 11) is 0. The van der Waals surface area contributed by atoms with Crippen LogP contribution >= 0.6 is 0 Å². The molecule has 2 heteroatoms. The van der Waals surface area contributed by atoms with E-state index in [0.29, 0.717) is 12.5 Å². The number of carbonyl (C=O) groups is 1. The maximum absolute atomic E-state index is 10.8. The fourth-order valence-electron chi connectivity index (χ4n) is 2.80. The molecule has 0 saturated carbocycles. The van der Waals surface area contributed by atoms with E-state index in [2.05, 4.69) is 26.0 Å². The smallest absolute Gasteiger partial charge is 0.302 e. The van der Waals surface area contributed by atoms with Crippen LogP contribution < -0.4 is 0 Å². The third-order valence-corrected chi connectivity index (χ3v) is 4.45. The minimum Gasteiger partial charge on any atom is -0.466 e. The summed E-state index contributed by atoms with van der Waals surface area (Å²) < 4.78 is 5.12. The summed E-state index contributed by atoms with van der Waals surface area (Å²) >= 11 is 0. The monoisotopic (exact) mass is 324 g/mol. The van der Waals surface area contributed by atoms with Crippen molar-refractivity contribution in [1.29, 1.82) is 0 Å². The van der Waals surface area contributed by atoms with Crippen molar-refractivity contribution in [2.24, 2.45) is 5.92 Å². The topological polar surface area (TPSA) is 26.3 Å². The second kappa shape index (κ2) is 17.6. The van der Waals surface area contributed by atoms with Gasteiger partial charge in [-0.2, -0.15) is 0 Å². The third kappa shape index (κ3) is 17.4. The molecule has 0 rings (SSSR count). The molecule has 0 aromatic heterocycles. The van der Waals surface area contributed by atoms with Gasteiger partial charge in [-0.05, 0) is 31.6 Å². The summed E-state index contributed by atoms with van der Waals surface area (Å²) in [5, 5.41) is 0. The van der Waals surface area contributed by atoms with Gasteiger partial charge in [0.2, 0.25) is 0 Å². The Morgan fingerprint density at radius 3 is 2.00 bits per heavy atom. The molecule has 0 aromatic carbocycles. The van der Waals surface area contributed by atoms with E-state index in [1.807, 2.05) is 0 Å². The van der Waals surface area contributed by atoms with Gasteiger partial charge in [0.1, 0.15) is 0 Å². The average Bonchev–Trinajstić information content (AvgIpc) is 2.54. The van der Waals surface area contributed by atoms with Crippen molar-refractivity contribution >= 4 is 5.97 Å². The number of hydrogen-bond acceptors (Lipinski definition) is 2. The Bertz CT molecular complexity index is 284. The molecule has 0 aliphatic rings. The lowest BCUT2D eigenvalue weighted by Crippen LogP contribution is -2.11. The van der Waals surface area contributed by atoms with Gasteiger partial charge < -0.3 is 4.74 Å². The Morgan fingerprint density at radius 1 is 0.870 bits per heavy atom. The molecule has 136 valence electrons. The lowest BCUT2D eigenvalue weighted by atomic mass is 9.98. The van der Waals surface area contributed by atoms with Crippen LogP contribution in [0.5, 0.6) is 0 Å². The van der Waals surface area contributed by atoms with Gasteiger partial charge in [0.15, 0.2) is 0 Å². The van der Waals surface area contributed by atoms with Crippen LogP contribution in [0.3, 0.4) is 0 Å². The first-order chi connectivity index (χ1) is 11.2. The largest absolute Gasteiger partial charge is 0.466 e. The molecule has 1 atom stereocenters. The van der Waals surface area contributed by atoms with E-state index < -0.39 is 0 Å². The predicted octanol–water partition coefficient (Wildman–Crippen LogP) is 6.83. The van der Waals surface area contributed by atoms with Gasteiger partial charge in [0, 0.05) is 6.92 Å². The minimum absolute atomic E-state index is 0.149. The molecular weight excluding hydrogens is 284 g/mol. The van der Waals surface area contributed by atoms with Crippen LogP contribution in [0.1, 0.15) is 104 Å². The molecule has 0 N–H and O–H groups in total. The first-order valence-electron chi connectivity index (χ1n) is 9.99. The molecule has 0 saturated heterocycles. The number of rotatable bonds is 16. The highest BCUT2D eigenvalue weighted by Crippen LogP contribution is 2.16. The van der Waals surface area contributed by atoms with Gasteiger partial charge in [-0.3, -0.25) is 4.79 Å². The molecule has 0 aliphatic heterocycles. The first kappa shape index (κ1) is 22.2. The van der Waals surface area contributed by atoms with E-state index in [1.165, 1.54) is 84.0 Å². The van der Waals surface area contributed by atoms with Crippen molar-refractivity contribution in [3.63, 3.8) is 0 Å². The first-order valence-corrected chi connectivity index (χ1v) is 9.99. The van der Waals surface area contributed by atoms with Gasteiger partial charge in [-0.1, -0.05) is 83.8 Å². The molecular formula is C21H40O2. The van der Waals surface area contributed by atoms with E-state index >= 15 is 0 Å². The molecule has 0 spiro atoms. The Morgan fingerprint density at radius 2 is 1.43 bits per heavy atom. The van der Waals surface area contributed by atoms with Crippen molar-refractivity contribution in [3.8, 4) is 0 Å². The second-order valence-electron chi connectivity index (χ2n) is 6.74. The lowest BCUT2D eigenvalue weighted by Gasteiger charge is -2.14. The van der Waals surface area contributed by atoms with E-state index in [9.17, 15) is 4.79 Å². The van der Waals surface area contributed by atoms with E-state index in [1.54, 1.807) is 0 Å². The molecule has 0 amide bonds. The van der Waals surface area contributed by atoms with E-state index in [-0.39, 0.29) is 5.97 Å². The summed E-state index contributed by atoms with van der Waals surface area (Å²) in [5.74, 6) is 0.406. The van der Waals surface area contributed by atoms with Crippen LogP contribution in [0.2, 0.25) is 0 Å². The summed E-state index contributed by atoms with van der Waals surface area (Å²) in [6.45, 7) is 6.52. The Balaban J connectivity index is 3.27. The molecule has 2 nitrogen and oxygen atoms in total. The zero-order valence-corrected chi connectivity index (χ0v) is 15.9. The standard InChI is InChI=1S/C21H40O2/c1-4-6-7-8-9-10-11-12-13-14-15-16-17-18-21(5-2)19-23-20(3)22/h7-8,21H,4-6,9-19H2,1-3H3. The van der Waals surface area contributed by atoms with Gasteiger partial charge in [0.25, 0.3) is 0 Å². The van der Waals surface area contributed by atoms with Crippen molar-refractivity contribution in [2.75, 3.05) is 6.61 Å². The number of esters is 1. The molecule has 0 aliphatic carbocycles. The van der Waals surface area contributed by atoms with Crippen molar-refractivity contribution < 1.29 is 9.53 Å². The highest BCUT2D eigenvalue weighted by atomic mass is 16.5. The zero-order chi connectivity index (χ0) is 17.2. The van der Waals surface area contributed by atoms with Crippen LogP contribution in [0, 0.1) is 5.92 Å². The Hall–Kier alpha value is -0.790. The van der Waals surface area contributed by atoms with Gasteiger partial charge >= 0.3 is 5.97 Å². The summed E-state index contributed by atoms with van der Waals surface area (Å²) in [6.07, 6.45) is 21.6. The van der Waals surface area contributed by atoms with Crippen molar-refractivity contribution in [1.82, 2.24) is 0 Å². The number of unbranched alkanes of at least 4 members (excludes halogenated alkanes) is 9. The molecule has 0 radical (unpaired) electrons. The molecule has 0 heterocycles. The maximum Gasteiger partial charge on any atom is 0.302 e. The SMILES string of the molecule is CCCC=CCCCCCCCCCCC(CC)COC(C)=O. The van der Waals surface area contributed by atoms with Gasteiger partial charge in [-0.15, -0.1) is 0 Å². The van der Waals surface area contributed by atoms with Crippen molar-refractivity contribution in [2.45, 2.75) is 104 Å². The summed E-state index contributed by atoms with van der Waals surface area (Å²) in [4.78, 5) is 10.8. The molecule has 0 fully saturated rings. The highest BCUT2D eigenvalue weighted by Gasteiger charge is 2.07. The van der Waals surface area contributed by atoms with E-state index in [4.69, 9.17) is 4.74 Å². The fourth-order valence-corrected chi connectivity index (χ4v) is 2.80. The van der Waals surface area contributed by atoms with Crippen LogP contribution in [-0.4, -0.2) is 12.6 Å². The minimum atomic E-state index is -0.149. The second-order valence-corrected chi connectivity index (χ2v) is 6.74. The van der Waals surface area contributed by atoms with Crippen LogP contribution in [-0.2, 0) is 9.53 Å². The average molecular weight is 325 g/mol. The molecule has 0 bridgehead atoms. The van der Waals surface area contributed by atoms with Gasteiger partial charge in [-0.25, -0.2) is 0 Å². The zero-order valence-electron chi connectivity index (χ0n) is 15.9. The summed E-state index contributed by atoms with van der Waals surface area (Å²) in [5.41, 5.74) is 0. The van der Waals surface area contributed by atoms with Crippen LogP contribution in [0.4, 0.5) is 0 Å². The molecule has 0 aromatic rings. The number of hydrogen-bond donors (Lipinski definition) is 0. The molecule has 23 heavy (non-hydrogen) atoms. The summed E-state index contributed by atoms with van der Waals surface area (Å²) in [6, 6.07) is 0. The van der Waals surface area contributed by atoms with Crippen molar-refractivity contribution in [3.05, 3.63) is 12.2 Å². The van der Waals surface area contributed by atoms with Crippen LogP contribution in [0.15, 0.2) is 12.2 Å². The number of ether oxygens (including phenoxy) is 1. The maximum atomic E-state index is 10.8.